The maximum atomic E-state index is 14.7. The lowest BCUT2D eigenvalue weighted by atomic mass is 9.92. The first kappa shape index (κ1) is 20.9. The van der Waals surface area contributed by atoms with E-state index in [0.29, 0.717) is 12.1 Å². The first-order valence-electron chi connectivity index (χ1n) is 7.89. The van der Waals surface area contributed by atoms with Crippen LogP contribution in [0.15, 0.2) is 41.3 Å². The number of hydrogen-bond donors (Lipinski definition) is 1. The van der Waals surface area contributed by atoms with Crippen LogP contribution in [-0.2, 0) is 10.0 Å². The second-order valence-corrected chi connectivity index (χ2v) is 7.64. The van der Waals surface area contributed by atoms with E-state index in [4.69, 9.17) is 5.14 Å². The molecule has 0 radical (unpaired) electrons. The first-order valence-corrected chi connectivity index (χ1v) is 9.44. The lowest BCUT2D eigenvalue weighted by Crippen LogP contribution is -2.14. The lowest BCUT2D eigenvalue weighted by Gasteiger charge is -2.17. The Morgan fingerprint density at radius 1 is 0.759 bits per heavy atom. The SMILES string of the molecule is Cc1c(F)cc(-c2c(F)c(F)c(F)c(F)c2-c2ccccc2S(N)(=O)=O)cc1F. The molecule has 0 fully saturated rings. The van der Waals surface area contributed by atoms with E-state index >= 15 is 0 Å². The summed E-state index contributed by atoms with van der Waals surface area (Å²) >= 11 is 0. The summed E-state index contributed by atoms with van der Waals surface area (Å²) < 4.78 is 109. The summed E-state index contributed by atoms with van der Waals surface area (Å²) in [5.74, 6) is -10.7. The van der Waals surface area contributed by atoms with Crippen LogP contribution in [0.3, 0.4) is 0 Å². The molecule has 0 unspecified atom stereocenters. The second kappa shape index (κ2) is 7.20. The van der Waals surface area contributed by atoms with Gasteiger partial charge in [0, 0.05) is 22.3 Å². The first-order chi connectivity index (χ1) is 13.4. The number of hydrogen-bond acceptors (Lipinski definition) is 2. The molecule has 0 saturated heterocycles. The Balaban J connectivity index is 2.54. The van der Waals surface area contributed by atoms with Gasteiger partial charge in [-0.3, -0.25) is 0 Å². The normalized spacial score (nSPS) is 11.7. The number of halogens is 6. The molecule has 3 aromatic rings. The average molecular weight is 431 g/mol. The van der Waals surface area contributed by atoms with Crippen molar-refractivity contribution in [3.8, 4) is 22.3 Å². The molecule has 0 aliphatic heterocycles. The number of rotatable bonds is 3. The predicted molar refractivity (Wildman–Crippen MR) is 93.2 cm³/mol. The van der Waals surface area contributed by atoms with Crippen molar-refractivity contribution in [2.75, 3.05) is 0 Å². The highest BCUT2D eigenvalue weighted by Gasteiger charge is 2.30. The van der Waals surface area contributed by atoms with Gasteiger partial charge < -0.3 is 0 Å². The highest BCUT2D eigenvalue weighted by molar-refractivity contribution is 7.89. The van der Waals surface area contributed by atoms with E-state index in [9.17, 15) is 34.8 Å². The van der Waals surface area contributed by atoms with Crippen LogP contribution in [0.5, 0.6) is 0 Å². The summed E-state index contributed by atoms with van der Waals surface area (Å²) in [6, 6.07) is 5.51. The monoisotopic (exact) mass is 431 g/mol. The van der Waals surface area contributed by atoms with Gasteiger partial charge in [0.25, 0.3) is 0 Å². The van der Waals surface area contributed by atoms with Crippen LogP contribution in [-0.4, -0.2) is 8.42 Å². The van der Waals surface area contributed by atoms with Crippen molar-refractivity contribution in [3.05, 3.63) is 76.9 Å². The molecule has 0 spiro atoms. The van der Waals surface area contributed by atoms with Crippen molar-refractivity contribution >= 4 is 10.0 Å². The van der Waals surface area contributed by atoms with E-state index in [-0.39, 0.29) is 0 Å². The van der Waals surface area contributed by atoms with Gasteiger partial charge in [0.15, 0.2) is 23.3 Å². The van der Waals surface area contributed by atoms with Crippen LogP contribution < -0.4 is 5.14 Å². The van der Waals surface area contributed by atoms with E-state index in [0.717, 1.165) is 19.1 Å². The maximum absolute atomic E-state index is 14.7. The summed E-state index contributed by atoms with van der Waals surface area (Å²) in [6.07, 6.45) is 0. The molecule has 2 N–H and O–H groups in total. The van der Waals surface area contributed by atoms with Gasteiger partial charge in [-0.15, -0.1) is 0 Å². The van der Waals surface area contributed by atoms with Crippen LogP contribution in [0.2, 0.25) is 0 Å². The molecule has 3 rings (SSSR count). The van der Waals surface area contributed by atoms with E-state index in [1.54, 1.807) is 0 Å². The smallest absolute Gasteiger partial charge is 0.225 e. The van der Waals surface area contributed by atoms with Gasteiger partial charge in [-0.1, -0.05) is 18.2 Å². The number of sulfonamides is 1. The Labute approximate surface area is 161 Å². The van der Waals surface area contributed by atoms with E-state index < -0.39 is 77.6 Å². The molecule has 0 heterocycles. The fourth-order valence-corrected chi connectivity index (χ4v) is 3.61. The maximum Gasteiger partial charge on any atom is 0.238 e. The highest BCUT2D eigenvalue weighted by Crippen LogP contribution is 2.41. The van der Waals surface area contributed by atoms with Gasteiger partial charge in [0.1, 0.15) is 11.6 Å². The summed E-state index contributed by atoms with van der Waals surface area (Å²) in [6.45, 7) is 1.08. The van der Waals surface area contributed by atoms with Crippen LogP contribution in [0.4, 0.5) is 26.3 Å². The van der Waals surface area contributed by atoms with Gasteiger partial charge in [0.05, 0.1) is 4.90 Å². The van der Waals surface area contributed by atoms with Crippen LogP contribution in [0.1, 0.15) is 5.56 Å². The van der Waals surface area contributed by atoms with Crippen LogP contribution >= 0.6 is 0 Å². The molecule has 0 aliphatic carbocycles. The van der Waals surface area contributed by atoms with E-state index in [2.05, 4.69) is 0 Å². The zero-order valence-corrected chi connectivity index (χ0v) is 15.4. The third-order valence-electron chi connectivity index (χ3n) is 4.30. The Bertz CT molecular complexity index is 1240. The molecule has 3 aromatic carbocycles. The minimum atomic E-state index is -4.51. The van der Waals surface area contributed by atoms with E-state index in [1.165, 1.54) is 12.1 Å². The predicted octanol–water partition coefficient (Wildman–Crippen LogP) is 4.81. The zero-order valence-electron chi connectivity index (χ0n) is 14.5. The largest absolute Gasteiger partial charge is 0.238 e. The molecule has 0 atom stereocenters. The zero-order chi connectivity index (χ0) is 21.7. The molecule has 29 heavy (non-hydrogen) atoms. The molecule has 0 aromatic heterocycles. The minimum Gasteiger partial charge on any atom is -0.225 e. The van der Waals surface area contributed by atoms with Crippen molar-refractivity contribution in [3.63, 3.8) is 0 Å². The van der Waals surface area contributed by atoms with Gasteiger partial charge in [-0.2, -0.15) is 0 Å². The summed E-state index contributed by atoms with van der Waals surface area (Å²) in [5.41, 5.74) is -3.82. The quantitative estimate of drug-likeness (QED) is 0.368. The summed E-state index contributed by atoms with van der Waals surface area (Å²) in [7, 11) is -4.51. The van der Waals surface area contributed by atoms with Crippen LogP contribution in [0, 0.1) is 41.8 Å². The third-order valence-corrected chi connectivity index (χ3v) is 5.27. The molecule has 0 aliphatic rings. The molecule has 0 amide bonds. The van der Waals surface area contributed by atoms with Crippen molar-refractivity contribution < 1.29 is 34.8 Å². The molecule has 3 nitrogen and oxygen atoms in total. The third kappa shape index (κ3) is 3.49. The van der Waals surface area contributed by atoms with Crippen molar-refractivity contribution in [2.45, 2.75) is 11.8 Å². The number of benzene rings is 3. The number of nitrogens with two attached hydrogens (primary N) is 1. The fourth-order valence-electron chi connectivity index (χ4n) is 2.87. The Morgan fingerprint density at radius 3 is 1.76 bits per heavy atom. The van der Waals surface area contributed by atoms with Crippen molar-refractivity contribution in [1.82, 2.24) is 0 Å². The molecule has 152 valence electrons. The lowest BCUT2D eigenvalue weighted by molar-refractivity contribution is 0.412. The second-order valence-electron chi connectivity index (χ2n) is 6.11. The molecule has 10 heteroatoms. The fraction of sp³-hybridized carbons (Fsp3) is 0.0526. The molecule has 0 bridgehead atoms. The van der Waals surface area contributed by atoms with E-state index in [1.807, 2.05) is 0 Å². The molecular formula is C19H11F6NO2S. The standard InChI is InChI=1S/C19H11F6NO2S/c1-8-11(20)6-9(7-12(8)21)14-15(17(23)19(25)18(24)16(14)22)10-4-2-3-5-13(10)29(26,27)28/h2-7H,1H3,(H2,26,27,28). The molecular weight excluding hydrogens is 420 g/mol. The Kier molecular flexibility index (Phi) is 5.18. The topological polar surface area (TPSA) is 60.2 Å². The number of primary sulfonamides is 1. The van der Waals surface area contributed by atoms with Gasteiger partial charge in [-0.05, 0) is 30.7 Å². The summed E-state index contributed by atoms with van der Waals surface area (Å²) in [5, 5.41) is 5.08. The van der Waals surface area contributed by atoms with Gasteiger partial charge in [-0.25, -0.2) is 39.9 Å². The molecule has 0 saturated carbocycles. The van der Waals surface area contributed by atoms with Gasteiger partial charge in [0.2, 0.25) is 10.0 Å². The van der Waals surface area contributed by atoms with Crippen molar-refractivity contribution in [1.29, 1.82) is 0 Å². The highest BCUT2D eigenvalue weighted by atomic mass is 32.2. The summed E-state index contributed by atoms with van der Waals surface area (Å²) in [4.78, 5) is -0.724. The van der Waals surface area contributed by atoms with Crippen molar-refractivity contribution in [2.24, 2.45) is 5.14 Å². The van der Waals surface area contributed by atoms with Crippen LogP contribution in [0.25, 0.3) is 22.3 Å². The van der Waals surface area contributed by atoms with Gasteiger partial charge >= 0.3 is 0 Å². The Hall–Kier alpha value is -2.85. The Morgan fingerprint density at radius 2 is 1.24 bits per heavy atom. The minimum absolute atomic E-state index is 0.441. The average Bonchev–Trinajstić information content (AvgIpc) is 2.66.